The Bertz CT molecular complexity index is 557. The van der Waals surface area contributed by atoms with Gasteiger partial charge in [0.1, 0.15) is 0 Å². The standard InChI is InChI=1S/C16H19Cl2NS/c1-4-19-16(10(2)3)15-6-5-14(20-15)11-7-12(17)9-13(18)8-11/h5-10,16,19H,4H2,1-3H3. The summed E-state index contributed by atoms with van der Waals surface area (Å²) in [6, 6.07) is 10.4. The van der Waals surface area contributed by atoms with Gasteiger partial charge in [-0.25, -0.2) is 0 Å². The highest BCUT2D eigenvalue weighted by atomic mass is 35.5. The molecule has 1 aromatic carbocycles. The van der Waals surface area contributed by atoms with E-state index in [9.17, 15) is 0 Å². The molecule has 0 aliphatic heterocycles. The van der Waals surface area contributed by atoms with Crippen LogP contribution in [0.1, 0.15) is 31.7 Å². The lowest BCUT2D eigenvalue weighted by atomic mass is 10.0. The third kappa shape index (κ3) is 3.76. The summed E-state index contributed by atoms with van der Waals surface area (Å²) in [7, 11) is 0. The van der Waals surface area contributed by atoms with Crippen LogP contribution in [0.5, 0.6) is 0 Å². The fraction of sp³-hybridized carbons (Fsp3) is 0.375. The van der Waals surface area contributed by atoms with Crippen molar-refractivity contribution in [3.8, 4) is 10.4 Å². The minimum absolute atomic E-state index is 0.397. The maximum atomic E-state index is 6.08. The van der Waals surface area contributed by atoms with Crippen molar-refractivity contribution in [2.45, 2.75) is 26.8 Å². The average molecular weight is 328 g/mol. The lowest BCUT2D eigenvalue weighted by molar-refractivity contribution is 0.428. The fourth-order valence-corrected chi connectivity index (χ4v) is 4.03. The SMILES string of the molecule is CCNC(c1ccc(-c2cc(Cl)cc(Cl)c2)s1)C(C)C. The lowest BCUT2D eigenvalue weighted by Crippen LogP contribution is -2.24. The summed E-state index contributed by atoms with van der Waals surface area (Å²) in [6.07, 6.45) is 0. The minimum atomic E-state index is 0.397. The van der Waals surface area contributed by atoms with Gasteiger partial charge in [0, 0.05) is 25.8 Å². The van der Waals surface area contributed by atoms with E-state index in [-0.39, 0.29) is 0 Å². The third-order valence-corrected chi connectivity index (χ3v) is 4.82. The Morgan fingerprint density at radius 2 is 1.75 bits per heavy atom. The van der Waals surface area contributed by atoms with Gasteiger partial charge in [-0.05, 0) is 48.4 Å². The summed E-state index contributed by atoms with van der Waals surface area (Å²) >= 11 is 14.0. The first kappa shape index (κ1) is 15.8. The van der Waals surface area contributed by atoms with Crippen molar-refractivity contribution in [3.05, 3.63) is 45.3 Å². The number of nitrogens with one attached hydrogen (secondary N) is 1. The molecule has 0 fully saturated rings. The van der Waals surface area contributed by atoms with Crippen LogP contribution in [0, 0.1) is 5.92 Å². The Morgan fingerprint density at radius 3 is 2.30 bits per heavy atom. The van der Waals surface area contributed by atoms with E-state index < -0.39 is 0 Å². The van der Waals surface area contributed by atoms with Gasteiger partial charge in [0.25, 0.3) is 0 Å². The highest BCUT2D eigenvalue weighted by molar-refractivity contribution is 7.15. The van der Waals surface area contributed by atoms with Crippen molar-refractivity contribution in [2.24, 2.45) is 5.92 Å². The number of rotatable bonds is 5. The van der Waals surface area contributed by atoms with Crippen LogP contribution in [0.4, 0.5) is 0 Å². The molecule has 1 atom stereocenters. The van der Waals surface area contributed by atoms with E-state index in [4.69, 9.17) is 23.2 Å². The topological polar surface area (TPSA) is 12.0 Å². The normalized spacial score (nSPS) is 12.9. The second-order valence-corrected chi connectivity index (χ2v) is 7.13. The van der Waals surface area contributed by atoms with Crippen LogP contribution in [-0.2, 0) is 0 Å². The largest absolute Gasteiger partial charge is 0.309 e. The monoisotopic (exact) mass is 327 g/mol. The van der Waals surface area contributed by atoms with Gasteiger partial charge in [-0.3, -0.25) is 0 Å². The molecule has 1 unspecified atom stereocenters. The summed E-state index contributed by atoms with van der Waals surface area (Å²) in [5.74, 6) is 0.560. The Hall–Kier alpha value is -0.540. The number of thiophene rings is 1. The third-order valence-electron chi connectivity index (χ3n) is 3.17. The quantitative estimate of drug-likeness (QED) is 0.707. The molecule has 0 spiro atoms. The van der Waals surface area contributed by atoms with Crippen LogP contribution < -0.4 is 5.32 Å². The van der Waals surface area contributed by atoms with E-state index in [0.29, 0.717) is 22.0 Å². The molecule has 0 bridgehead atoms. The van der Waals surface area contributed by atoms with E-state index >= 15 is 0 Å². The fourth-order valence-electron chi connectivity index (χ4n) is 2.26. The summed E-state index contributed by atoms with van der Waals surface area (Å²) in [5, 5.41) is 4.90. The van der Waals surface area contributed by atoms with Gasteiger partial charge in [-0.15, -0.1) is 11.3 Å². The van der Waals surface area contributed by atoms with Crippen LogP contribution in [0.15, 0.2) is 30.3 Å². The molecule has 108 valence electrons. The molecule has 1 nitrogen and oxygen atoms in total. The molecule has 0 amide bonds. The molecule has 0 aliphatic carbocycles. The van der Waals surface area contributed by atoms with E-state index in [1.165, 1.54) is 9.75 Å². The van der Waals surface area contributed by atoms with Gasteiger partial charge >= 0.3 is 0 Å². The molecule has 4 heteroatoms. The first-order chi connectivity index (χ1) is 9.51. The predicted molar refractivity (Wildman–Crippen MR) is 91.0 cm³/mol. The smallest absolute Gasteiger partial charge is 0.0438 e. The number of hydrogen-bond acceptors (Lipinski definition) is 2. The van der Waals surface area contributed by atoms with Gasteiger partial charge < -0.3 is 5.32 Å². The summed E-state index contributed by atoms with van der Waals surface area (Å²) in [5.41, 5.74) is 1.08. The van der Waals surface area contributed by atoms with Gasteiger partial charge in [0.15, 0.2) is 0 Å². The van der Waals surface area contributed by atoms with Crippen LogP contribution in [-0.4, -0.2) is 6.54 Å². The average Bonchev–Trinajstić information content (AvgIpc) is 2.83. The minimum Gasteiger partial charge on any atom is -0.309 e. The molecule has 0 radical (unpaired) electrons. The number of halogens is 2. The molecular weight excluding hydrogens is 309 g/mol. The zero-order valence-electron chi connectivity index (χ0n) is 11.9. The lowest BCUT2D eigenvalue weighted by Gasteiger charge is -2.20. The van der Waals surface area contributed by atoms with Crippen molar-refractivity contribution in [1.82, 2.24) is 5.32 Å². The second kappa shape index (κ2) is 6.95. The van der Waals surface area contributed by atoms with Gasteiger partial charge in [0.05, 0.1) is 0 Å². The van der Waals surface area contributed by atoms with Crippen molar-refractivity contribution >= 4 is 34.5 Å². The number of hydrogen-bond donors (Lipinski definition) is 1. The summed E-state index contributed by atoms with van der Waals surface area (Å²) in [6.45, 7) is 7.59. The Labute approximate surface area is 134 Å². The Morgan fingerprint density at radius 1 is 1.10 bits per heavy atom. The van der Waals surface area contributed by atoms with Crippen LogP contribution in [0.2, 0.25) is 10.0 Å². The van der Waals surface area contributed by atoms with Gasteiger partial charge in [-0.2, -0.15) is 0 Å². The molecule has 2 rings (SSSR count). The van der Waals surface area contributed by atoms with E-state index in [0.717, 1.165) is 12.1 Å². The molecule has 20 heavy (non-hydrogen) atoms. The van der Waals surface area contributed by atoms with Crippen molar-refractivity contribution in [1.29, 1.82) is 0 Å². The van der Waals surface area contributed by atoms with Gasteiger partial charge in [-0.1, -0.05) is 44.0 Å². The molecule has 1 aromatic heterocycles. The predicted octanol–water partition coefficient (Wildman–Crippen LogP) is 6.03. The van der Waals surface area contributed by atoms with E-state index in [2.05, 4.69) is 38.2 Å². The highest BCUT2D eigenvalue weighted by Crippen LogP contribution is 2.36. The molecular formula is C16H19Cl2NS. The molecule has 1 heterocycles. The maximum Gasteiger partial charge on any atom is 0.0438 e. The second-order valence-electron chi connectivity index (χ2n) is 5.14. The number of benzene rings is 1. The first-order valence-electron chi connectivity index (χ1n) is 6.80. The van der Waals surface area contributed by atoms with Crippen LogP contribution in [0.25, 0.3) is 10.4 Å². The summed E-state index contributed by atoms with van der Waals surface area (Å²) < 4.78 is 0. The zero-order chi connectivity index (χ0) is 14.7. The Kier molecular flexibility index (Phi) is 5.50. The first-order valence-corrected chi connectivity index (χ1v) is 8.38. The van der Waals surface area contributed by atoms with Crippen molar-refractivity contribution < 1.29 is 0 Å². The summed E-state index contributed by atoms with van der Waals surface area (Å²) in [4.78, 5) is 2.56. The molecule has 0 saturated heterocycles. The maximum absolute atomic E-state index is 6.08. The van der Waals surface area contributed by atoms with Crippen molar-refractivity contribution in [2.75, 3.05) is 6.54 Å². The van der Waals surface area contributed by atoms with Gasteiger partial charge in [0.2, 0.25) is 0 Å². The molecule has 0 saturated carbocycles. The Balaban J connectivity index is 2.32. The van der Waals surface area contributed by atoms with Crippen LogP contribution in [0.3, 0.4) is 0 Å². The molecule has 2 aromatic rings. The molecule has 0 aliphatic rings. The van der Waals surface area contributed by atoms with E-state index in [1.807, 2.05) is 12.1 Å². The van der Waals surface area contributed by atoms with E-state index in [1.54, 1.807) is 17.4 Å². The van der Waals surface area contributed by atoms with Crippen molar-refractivity contribution in [3.63, 3.8) is 0 Å². The molecule has 1 N–H and O–H groups in total. The zero-order valence-corrected chi connectivity index (χ0v) is 14.2. The van der Waals surface area contributed by atoms with Crippen LogP contribution >= 0.6 is 34.5 Å². The highest BCUT2D eigenvalue weighted by Gasteiger charge is 2.17.